The summed E-state index contributed by atoms with van der Waals surface area (Å²) in [5.74, 6) is 0.839. The molecule has 0 saturated heterocycles. The zero-order valence-electron chi connectivity index (χ0n) is 10.9. The third-order valence-corrected chi connectivity index (χ3v) is 3.52. The number of nitrogens with two attached hydrogens (primary N) is 1. The van der Waals surface area contributed by atoms with E-state index in [1.54, 1.807) is 0 Å². The second-order valence-corrected chi connectivity index (χ2v) is 5.52. The molecule has 100 valence electrons. The average molecular weight is 269 g/mol. The minimum Gasteiger partial charge on any atom is -0.398 e. The standard InChI is InChI=1S/C14H21ClN2O/c1-17(6-7-18-10-11-2-3-11)9-12-4-5-13(15)14(16)8-12/h4-5,8,11H,2-3,6-7,9-10,16H2,1H3. The number of benzene rings is 1. The van der Waals surface area contributed by atoms with Crippen LogP contribution in [0.15, 0.2) is 18.2 Å². The van der Waals surface area contributed by atoms with E-state index in [1.807, 2.05) is 18.2 Å². The molecule has 0 amide bonds. The van der Waals surface area contributed by atoms with Crippen molar-refractivity contribution in [1.82, 2.24) is 4.90 Å². The predicted molar refractivity (Wildman–Crippen MR) is 75.7 cm³/mol. The summed E-state index contributed by atoms with van der Waals surface area (Å²) >= 11 is 5.90. The lowest BCUT2D eigenvalue weighted by Gasteiger charge is -2.17. The van der Waals surface area contributed by atoms with Crippen LogP contribution in [0.5, 0.6) is 0 Å². The third kappa shape index (κ3) is 4.48. The second-order valence-electron chi connectivity index (χ2n) is 5.11. The SMILES string of the molecule is CN(CCOCC1CC1)Cc1ccc(Cl)c(N)c1. The molecular weight excluding hydrogens is 248 g/mol. The highest BCUT2D eigenvalue weighted by Gasteiger charge is 2.20. The quantitative estimate of drug-likeness (QED) is 0.610. The topological polar surface area (TPSA) is 38.5 Å². The fourth-order valence-corrected chi connectivity index (χ4v) is 1.95. The van der Waals surface area contributed by atoms with Gasteiger partial charge in [0.25, 0.3) is 0 Å². The van der Waals surface area contributed by atoms with Crippen molar-refractivity contribution >= 4 is 17.3 Å². The van der Waals surface area contributed by atoms with Crippen LogP contribution < -0.4 is 5.73 Å². The fourth-order valence-electron chi connectivity index (χ4n) is 1.84. The highest BCUT2D eigenvalue weighted by Crippen LogP contribution is 2.28. The lowest BCUT2D eigenvalue weighted by Crippen LogP contribution is -2.23. The van der Waals surface area contributed by atoms with Crippen LogP contribution in [0.4, 0.5) is 5.69 Å². The smallest absolute Gasteiger partial charge is 0.0635 e. The number of hydrogen-bond donors (Lipinski definition) is 1. The van der Waals surface area contributed by atoms with Gasteiger partial charge in [-0.25, -0.2) is 0 Å². The summed E-state index contributed by atoms with van der Waals surface area (Å²) in [5.41, 5.74) is 7.61. The molecule has 0 aliphatic heterocycles. The number of nitrogens with zero attached hydrogens (tertiary/aromatic N) is 1. The van der Waals surface area contributed by atoms with Gasteiger partial charge in [0.1, 0.15) is 0 Å². The maximum atomic E-state index is 5.90. The van der Waals surface area contributed by atoms with Gasteiger partial charge < -0.3 is 10.5 Å². The molecule has 0 aromatic heterocycles. The van der Waals surface area contributed by atoms with Gasteiger partial charge in [0.2, 0.25) is 0 Å². The number of halogens is 1. The van der Waals surface area contributed by atoms with E-state index in [0.29, 0.717) is 10.7 Å². The molecule has 1 fully saturated rings. The van der Waals surface area contributed by atoms with E-state index < -0.39 is 0 Å². The lowest BCUT2D eigenvalue weighted by atomic mass is 10.2. The van der Waals surface area contributed by atoms with Crippen molar-refractivity contribution in [2.24, 2.45) is 5.92 Å². The van der Waals surface area contributed by atoms with Crippen molar-refractivity contribution in [3.8, 4) is 0 Å². The second kappa shape index (κ2) is 6.41. The predicted octanol–water partition coefficient (Wildman–Crippen LogP) is 2.78. The molecule has 0 atom stereocenters. The molecule has 0 heterocycles. The maximum absolute atomic E-state index is 5.90. The van der Waals surface area contributed by atoms with Crippen LogP contribution in [0, 0.1) is 5.92 Å². The summed E-state index contributed by atoms with van der Waals surface area (Å²) in [6.07, 6.45) is 2.69. The minimum absolute atomic E-state index is 0.620. The normalized spacial score (nSPS) is 15.3. The first kappa shape index (κ1) is 13.7. The Labute approximate surface area is 114 Å². The van der Waals surface area contributed by atoms with E-state index in [0.717, 1.165) is 32.2 Å². The van der Waals surface area contributed by atoms with Crippen LogP contribution in [0.1, 0.15) is 18.4 Å². The summed E-state index contributed by atoms with van der Waals surface area (Å²) in [7, 11) is 2.09. The summed E-state index contributed by atoms with van der Waals surface area (Å²) in [4.78, 5) is 2.23. The van der Waals surface area contributed by atoms with Crippen molar-refractivity contribution in [3.63, 3.8) is 0 Å². The zero-order chi connectivity index (χ0) is 13.0. The van der Waals surface area contributed by atoms with Gasteiger partial charge in [0.15, 0.2) is 0 Å². The largest absolute Gasteiger partial charge is 0.398 e. The van der Waals surface area contributed by atoms with Crippen molar-refractivity contribution in [1.29, 1.82) is 0 Å². The van der Waals surface area contributed by atoms with Gasteiger partial charge >= 0.3 is 0 Å². The third-order valence-electron chi connectivity index (χ3n) is 3.18. The molecule has 4 heteroatoms. The molecular formula is C14H21ClN2O. The molecule has 2 rings (SSSR count). The first-order valence-corrected chi connectivity index (χ1v) is 6.83. The van der Waals surface area contributed by atoms with Gasteiger partial charge in [0.05, 0.1) is 17.3 Å². The van der Waals surface area contributed by atoms with Gasteiger partial charge in [0, 0.05) is 19.7 Å². The number of nitrogen functional groups attached to an aromatic ring is 1. The fraction of sp³-hybridized carbons (Fsp3) is 0.571. The summed E-state index contributed by atoms with van der Waals surface area (Å²) in [6.45, 7) is 3.54. The summed E-state index contributed by atoms with van der Waals surface area (Å²) < 4.78 is 5.62. The Bertz CT molecular complexity index is 393. The molecule has 3 nitrogen and oxygen atoms in total. The molecule has 1 saturated carbocycles. The van der Waals surface area contributed by atoms with Crippen molar-refractivity contribution in [2.45, 2.75) is 19.4 Å². The number of hydrogen-bond acceptors (Lipinski definition) is 3. The summed E-state index contributed by atoms with van der Waals surface area (Å²) in [5, 5.41) is 0.620. The number of anilines is 1. The molecule has 0 unspecified atom stereocenters. The van der Waals surface area contributed by atoms with E-state index >= 15 is 0 Å². The molecule has 2 N–H and O–H groups in total. The maximum Gasteiger partial charge on any atom is 0.0635 e. The molecule has 1 aromatic rings. The lowest BCUT2D eigenvalue weighted by molar-refractivity contribution is 0.102. The van der Waals surface area contributed by atoms with Gasteiger partial charge in [-0.05, 0) is 43.5 Å². The zero-order valence-corrected chi connectivity index (χ0v) is 11.6. The van der Waals surface area contributed by atoms with E-state index in [9.17, 15) is 0 Å². The van der Waals surface area contributed by atoms with Crippen LogP contribution >= 0.6 is 11.6 Å². The summed E-state index contributed by atoms with van der Waals surface area (Å²) in [6, 6.07) is 5.80. The van der Waals surface area contributed by atoms with Crippen molar-refractivity contribution < 1.29 is 4.74 Å². The molecule has 0 radical (unpaired) electrons. The number of rotatable bonds is 7. The van der Waals surface area contributed by atoms with Gasteiger partial charge in [-0.15, -0.1) is 0 Å². The molecule has 1 aliphatic carbocycles. The van der Waals surface area contributed by atoms with Crippen LogP contribution in [-0.2, 0) is 11.3 Å². The Morgan fingerprint density at radius 1 is 1.44 bits per heavy atom. The molecule has 18 heavy (non-hydrogen) atoms. The Balaban J connectivity index is 1.68. The van der Waals surface area contributed by atoms with E-state index in [1.165, 1.54) is 18.4 Å². The highest BCUT2D eigenvalue weighted by molar-refractivity contribution is 6.33. The van der Waals surface area contributed by atoms with Gasteiger partial charge in [-0.1, -0.05) is 17.7 Å². The minimum atomic E-state index is 0.620. The average Bonchev–Trinajstić information content (AvgIpc) is 3.14. The molecule has 1 aliphatic rings. The van der Waals surface area contributed by atoms with Crippen molar-refractivity contribution in [3.05, 3.63) is 28.8 Å². The first-order valence-electron chi connectivity index (χ1n) is 6.45. The van der Waals surface area contributed by atoms with E-state index in [4.69, 9.17) is 22.1 Å². The number of likely N-dealkylation sites (N-methyl/N-ethyl adjacent to an activating group) is 1. The molecule has 0 bridgehead atoms. The van der Waals surface area contributed by atoms with Crippen LogP contribution in [0.25, 0.3) is 0 Å². The first-order chi connectivity index (χ1) is 8.65. The van der Waals surface area contributed by atoms with E-state index in [2.05, 4.69) is 11.9 Å². The van der Waals surface area contributed by atoms with Crippen LogP contribution in [-0.4, -0.2) is 31.7 Å². The molecule has 0 spiro atoms. The Morgan fingerprint density at radius 3 is 2.89 bits per heavy atom. The Hall–Kier alpha value is -0.770. The van der Waals surface area contributed by atoms with E-state index in [-0.39, 0.29) is 0 Å². The van der Waals surface area contributed by atoms with Crippen LogP contribution in [0.2, 0.25) is 5.02 Å². The monoisotopic (exact) mass is 268 g/mol. The Kier molecular flexibility index (Phi) is 4.87. The van der Waals surface area contributed by atoms with Gasteiger partial charge in [-0.2, -0.15) is 0 Å². The highest BCUT2D eigenvalue weighted by atomic mass is 35.5. The number of ether oxygens (including phenoxy) is 1. The Morgan fingerprint density at radius 2 is 2.22 bits per heavy atom. The van der Waals surface area contributed by atoms with Crippen molar-refractivity contribution in [2.75, 3.05) is 32.5 Å². The van der Waals surface area contributed by atoms with Crippen LogP contribution in [0.3, 0.4) is 0 Å². The van der Waals surface area contributed by atoms with Gasteiger partial charge in [-0.3, -0.25) is 4.90 Å². The molecule has 1 aromatic carbocycles.